The Kier molecular flexibility index (Phi) is 7.84. The van der Waals surface area contributed by atoms with Gasteiger partial charge in [-0.05, 0) is 57.4 Å². The zero-order chi connectivity index (χ0) is 24.1. The lowest BCUT2D eigenvalue weighted by molar-refractivity contribution is 0.0963. The zero-order valence-electron chi connectivity index (χ0n) is 20.5. The molecule has 0 bridgehead atoms. The van der Waals surface area contributed by atoms with Gasteiger partial charge in [-0.2, -0.15) is 0 Å². The number of aliphatic hydroxyl groups is 1. The Morgan fingerprint density at radius 3 is 2.56 bits per heavy atom. The fourth-order valence-corrected chi connectivity index (χ4v) is 4.66. The van der Waals surface area contributed by atoms with Crippen LogP contribution < -0.4 is 20.9 Å². The van der Waals surface area contributed by atoms with Crippen molar-refractivity contribution in [3.05, 3.63) is 35.7 Å². The Morgan fingerprint density at radius 1 is 1.15 bits per heavy atom. The lowest BCUT2D eigenvalue weighted by Gasteiger charge is -2.35. The highest BCUT2D eigenvalue weighted by Crippen LogP contribution is 2.28. The number of aliphatic hydroxyl groups excluding tert-OH is 1. The maximum Gasteiger partial charge on any atom is 0.253 e. The maximum atomic E-state index is 12.7. The summed E-state index contributed by atoms with van der Waals surface area (Å²) in [5, 5.41) is 19.4. The average Bonchev–Trinajstić information content (AvgIpc) is 2.86. The monoisotopic (exact) mass is 467 g/mol. The molecule has 0 atom stereocenters. The average molecular weight is 468 g/mol. The van der Waals surface area contributed by atoms with Crippen molar-refractivity contribution < 1.29 is 9.90 Å². The predicted molar refractivity (Wildman–Crippen MR) is 136 cm³/mol. The number of nitrogens with zero attached hydrogens (tertiary/aromatic N) is 4. The number of anilines is 4. The molecule has 2 aliphatic rings. The number of likely N-dealkylation sites (N-methyl/N-ethyl adjacent to an activating group) is 1. The number of hydrogen-bond donors (Lipinski definition) is 4. The molecule has 9 nitrogen and oxygen atoms in total. The number of aryl methyl sites for hydroxylation is 1. The van der Waals surface area contributed by atoms with Gasteiger partial charge < -0.3 is 30.9 Å². The van der Waals surface area contributed by atoms with Crippen molar-refractivity contribution in [3.8, 4) is 0 Å². The molecule has 184 valence electrons. The van der Waals surface area contributed by atoms with Gasteiger partial charge in [-0.15, -0.1) is 0 Å². The Balaban J connectivity index is 1.54. The van der Waals surface area contributed by atoms with Crippen LogP contribution in [0, 0.1) is 0 Å². The van der Waals surface area contributed by atoms with Crippen LogP contribution in [0.15, 0.2) is 24.4 Å². The number of carbonyl (C=O) groups is 1. The lowest BCUT2D eigenvalue weighted by atomic mass is 9.93. The van der Waals surface area contributed by atoms with Crippen LogP contribution in [0.1, 0.15) is 48.7 Å². The van der Waals surface area contributed by atoms with Crippen LogP contribution in [0.25, 0.3) is 0 Å². The molecular weight excluding hydrogens is 430 g/mol. The highest BCUT2D eigenvalue weighted by Gasteiger charge is 2.22. The van der Waals surface area contributed by atoms with Crippen LogP contribution in [0.4, 0.5) is 23.0 Å². The van der Waals surface area contributed by atoms with E-state index in [0.717, 1.165) is 81.2 Å². The smallest absolute Gasteiger partial charge is 0.253 e. The summed E-state index contributed by atoms with van der Waals surface area (Å²) in [5.74, 6) is 1.31. The molecule has 2 aromatic rings. The van der Waals surface area contributed by atoms with E-state index in [2.05, 4.69) is 44.7 Å². The van der Waals surface area contributed by atoms with Gasteiger partial charge in [0.1, 0.15) is 5.82 Å². The number of benzene rings is 1. The van der Waals surface area contributed by atoms with E-state index in [1.807, 2.05) is 18.2 Å². The lowest BCUT2D eigenvalue weighted by Crippen LogP contribution is -2.45. The van der Waals surface area contributed by atoms with E-state index in [9.17, 15) is 9.90 Å². The first-order valence-electron chi connectivity index (χ1n) is 12.3. The number of rotatable bonds is 7. The van der Waals surface area contributed by atoms with Gasteiger partial charge in [0.05, 0.1) is 23.6 Å². The van der Waals surface area contributed by atoms with Crippen molar-refractivity contribution in [1.82, 2.24) is 20.2 Å². The summed E-state index contributed by atoms with van der Waals surface area (Å²) in [6.45, 7) is 5.80. The second-order valence-corrected chi connectivity index (χ2v) is 9.28. The van der Waals surface area contributed by atoms with E-state index < -0.39 is 0 Å². The third-order valence-electron chi connectivity index (χ3n) is 6.81. The maximum absolute atomic E-state index is 12.7. The van der Waals surface area contributed by atoms with Gasteiger partial charge in [0.2, 0.25) is 0 Å². The van der Waals surface area contributed by atoms with Crippen LogP contribution in [-0.2, 0) is 6.42 Å². The van der Waals surface area contributed by atoms with Crippen molar-refractivity contribution >= 4 is 28.9 Å². The summed E-state index contributed by atoms with van der Waals surface area (Å²) in [5.41, 5.74) is 3.32. The minimum atomic E-state index is -0.189. The molecule has 4 rings (SSSR count). The first kappa shape index (κ1) is 24.2. The molecule has 1 saturated heterocycles. The minimum Gasteiger partial charge on any atom is -0.393 e. The van der Waals surface area contributed by atoms with Gasteiger partial charge in [-0.3, -0.25) is 9.78 Å². The van der Waals surface area contributed by atoms with Crippen LogP contribution >= 0.6 is 0 Å². The molecule has 1 aromatic carbocycles. The zero-order valence-corrected chi connectivity index (χ0v) is 20.5. The van der Waals surface area contributed by atoms with Crippen LogP contribution in [0.5, 0.6) is 0 Å². The topological polar surface area (TPSA) is 106 Å². The number of nitrogens with one attached hydrogen (secondary N) is 3. The fourth-order valence-electron chi connectivity index (χ4n) is 4.66. The van der Waals surface area contributed by atoms with Crippen molar-refractivity contribution in [1.29, 1.82) is 0 Å². The molecule has 1 aliphatic heterocycles. The van der Waals surface area contributed by atoms with E-state index in [0.29, 0.717) is 17.4 Å². The Hall–Kier alpha value is -2.91. The molecule has 2 heterocycles. The van der Waals surface area contributed by atoms with Crippen LogP contribution in [0.2, 0.25) is 0 Å². The Morgan fingerprint density at radius 2 is 1.88 bits per heavy atom. The van der Waals surface area contributed by atoms with Gasteiger partial charge in [0, 0.05) is 50.6 Å². The molecule has 1 aliphatic carbocycles. The number of hydrogen-bond acceptors (Lipinski definition) is 8. The Labute approximate surface area is 202 Å². The number of amides is 1. The normalized spacial score (nSPS) is 21.2. The molecule has 0 radical (unpaired) electrons. The van der Waals surface area contributed by atoms with Gasteiger partial charge in [0.15, 0.2) is 5.82 Å². The summed E-state index contributed by atoms with van der Waals surface area (Å²) in [6, 6.07) is 6.18. The molecule has 34 heavy (non-hydrogen) atoms. The summed E-state index contributed by atoms with van der Waals surface area (Å²) in [6.07, 6.45) is 5.80. The van der Waals surface area contributed by atoms with E-state index in [1.54, 1.807) is 13.2 Å². The van der Waals surface area contributed by atoms with Gasteiger partial charge >= 0.3 is 0 Å². The van der Waals surface area contributed by atoms with Crippen molar-refractivity contribution in [3.63, 3.8) is 0 Å². The molecule has 0 unspecified atom stereocenters. The van der Waals surface area contributed by atoms with E-state index in [4.69, 9.17) is 4.98 Å². The van der Waals surface area contributed by atoms with Gasteiger partial charge in [-0.25, -0.2) is 4.98 Å². The second kappa shape index (κ2) is 11.0. The third kappa shape index (κ3) is 5.77. The van der Waals surface area contributed by atoms with Gasteiger partial charge in [-0.1, -0.05) is 6.92 Å². The van der Waals surface area contributed by atoms with Crippen LogP contribution in [0.3, 0.4) is 0 Å². The fraction of sp³-hybridized carbons (Fsp3) is 0.560. The highest BCUT2D eigenvalue weighted by molar-refractivity contribution is 6.00. The Bertz CT molecular complexity index is 983. The molecular formula is C25H37N7O2. The number of aromatic nitrogens is 2. The highest BCUT2D eigenvalue weighted by atomic mass is 16.3. The SMILES string of the molecule is CCc1ncc(Nc2ccc(N3CCN(C)CC3)c(C(=O)NC)c2)nc1NC1CCC(O)CC1. The summed E-state index contributed by atoms with van der Waals surface area (Å²) >= 11 is 0. The molecule has 0 spiro atoms. The number of carbonyl (C=O) groups excluding carboxylic acids is 1. The molecule has 1 saturated carbocycles. The van der Waals surface area contributed by atoms with Crippen LogP contribution in [-0.4, -0.2) is 78.3 Å². The van der Waals surface area contributed by atoms with E-state index in [1.165, 1.54) is 0 Å². The van der Waals surface area contributed by atoms with E-state index in [-0.39, 0.29) is 12.0 Å². The molecule has 4 N–H and O–H groups in total. The summed E-state index contributed by atoms with van der Waals surface area (Å²) < 4.78 is 0. The molecule has 2 fully saturated rings. The summed E-state index contributed by atoms with van der Waals surface area (Å²) in [4.78, 5) is 26.7. The standard InChI is InChI=1S/C25H37N7O2/c1-4-21-24(29-17-5-8-19(33)9-6-17)30-23(16-27-21)28-18-7-10-22(20(15-18)25(34)26-2)32-13-11-31(3)12-14-32/h7,10,15-17,19,33H,4-6,8-9,11-14H2,1-3H3,(H,26,34)(H2,28,29,30). The van der Waals surface area contributed by atoms with Gasteiger partial charge in [0.25, 0.3) is 5.91 Å². The number of piperazine rings is 1. The quantitative estimate of drug-likeness (QED) is 0.493. The minimum absolute atomic E-state index is 0.105. The largest absolute Gasteiger partial charge is 0.393 e. The second-order valence-electron chi connectivity index (χ2n) is 9.28. The molecule has 1 aromatic heterocycles. The predicted octanol–water partition coefficient (Wildman–Crippen LogP) is 2.61. The first-order chi connectivity index (χ1) is 16.5. The van der Waals surface area contributed by atoms with E-state index >= 15 is 0 Å². The molecule has 9 heteroatoms. The van der Waals surface area contributed by atoms with Crippen molar-refractivity contribution in [2.75, 3.05) is 55.8 Å². The van der Waals surface area contributed by atoms with Crippen molar-refractivity contribution in [2.24, 2.45) is 0 Å². The first-order valence-corrected chi connectivity index (χ1v) is 12.3. The summed E-state index contributed by atoms with van der Waals surface area (Å²) in [7, 11) is 3.78. The third-order valence-corrected chi connectivity index (χ3v) is 6.81. The van der Waals surface area contributed by atoms with Crippen molar-refractivity contribution in [2.45, 2.75) is 51.2 Å². The molecule has 1 amide bonds.